The number of rotatable bonds is 6. The molecule has 0 saturated carbocycles. The summed E-state index contributed by atoms with van der Waals surface area (Å²) in [4.78, 5) is 22.1. The van der Waals surface area contributed by atoms with Crippen LogP contribution in [-0.4, -0.2) is 60.2 Å². The van der Waals surface area contributed by atoms with Crippen molar-refractivity contribution in [2.24, 2.45) is 0 Å². The molecule has 3 heterocycles. The number of aryl methyl sites for hydroxylation is 1. The number of anilines is 1. The maximum Gasteiger partial charge on any atom is 0.259 e. The minimum atomic E-state index is -0.346. The van der Waals surface area contributed by atoms with Crippen LogP contribution in [-0.2, 0) is 0 Å². The highest BCUT2D eigenvalue weighted by Crippen LogP contribution is 2.27. The first-order chi connectivity index (χ1) is 17.0. The Morgan fingerprint density at radius 1 is 1.00 bits per heavy atom. The second-order valence-electron chi connectivity index (χ2n) is 8.57. The van der Waals surface area contributed by atoms with E-state index in [0.717, 1.165) is 31.9 Å². The van der Waals surface area contributed by atoms with E-state index in [2.05, 4.69) is 25.3 Å². The summed E-state index contributed by atoms with van der Waals surface area (Å²) in [6.07, 6.45) is 0. The summed E-state index contributed by atoms with van der Waals surface area (Å²) in [6.45, 7) is 6.35. The Morgan fingerprint density at radius 3 is 2.34 bits per heavy atom. The number of hydrogen-bond acceptors (Lipinski definition) is 6. The number of carbonyl (C=O) groups is 1. The third-order valence-electron chi connectivity index (χ3n) is 6.28. The average Bonchev–Trinajstić information content (AvgIpc) is 3.25. The predicted octanol–water partition coefficient (Wildman–Crippen LogP) is 4.03. The van der Waals surface area contributed by atoms with E-state index in [9.17, 15) is 13.6 Å². The number of carbonyl (C=O) groups excluding carboxylic acids is 1. The molecule has 1 aliphatic heterocycles. The molecule has 5 rings (SSSR count). The smallest absolute Gasteiger partial charge is 0.259 e. The van der Waals surface area contributed by atoms with Gasteiger partial charge in [-0.15, -0.1) is 0 Å². The van der Waals surface area contributed by atoms with Crippen LogP contribution in [0.1, 0.15) is 16.1 Å². The number of nitrogens with zero attached hydrogens (tertiary/aromatic N) is 4. The van der Waals surface area contributed by atoms with Gasteiger partial charge in [0.2, 0.25) is 0 Å². The van der Waals surface area contributed by atoms with Crippen LogP contribution in [0.25, 0.3) is 22.4 Å². The molecule has 0 aliphatic carbocycles. The summed E-state index contributed by atoms with van der Waals surface area (Å²) >= 11 is 0. The maximum atomic E-state index is 13.3. The molecule has 0 bridgehead atoms. The van der Waals surface area contributed by atoms with Gasteiger partial charge in [0, 0.05) is 50.5 Å². The number of aromatic nitrogens is 2. The lowest BCUT2D eigenvalue weighted by molar-refractivity contribution is 0.0949. The van der Waals surface area contributed by atoms with E-state index < -0.39 is 0 Å². The molecule has 35 heavy (non-hydrogen) atoms. The number of halogens is 2. The van der Waals surface area contributed by atoms with Crippen molar-refractivity contribution >= 4 is 22.7 Å². The van der Waals surface area contributed by atoms with Crippen molar-refractivity contribution in [2.45, 2.75) is 6.92 Å². The Morgan fingerprint density at radius 2 is 1.66 bits per heavy atom. The van der Waals surface area contributed by atoms with Crippen molar-refractivity contribution in [3.8, 4) is 11.3 Å². The largest absolute Gasteiger partial charge is 0.369 e. The Bertz CT molecular complexity index is 1330. The molecule has 1 aliphatic rings. The Labute approximate surface area is 201 Å². The lowest BCUT2D eigenvalue weighted by Crippen LogP contribution is -2.48. The molecule has 1 saturated heterocycles. The molecule has 7 nitrogen and oxygen atoms in total. The molecule has 0 unspecified atom stereocenters. The van der Waals surface area contributed by atoms with Crippen LogP contribution in [0.3, 0.4) is 0 Å². The maximum absolute atomic E-state index is 13.3. The third kappa shape index (κ3) is 5.00. The zero-order valence-electron chi connectivity index (χ0n) is 19.3. The van der Waals surface area contributed by atoms with Crippen LogP contribution >= 0.6 is 0 Å². The molecule has 2 aromatic heterocycles. The van der Waals surface area contributed by atoms with Crippen LogP contribution in [0, 0.1) is 18.6 Å². The standard InChI is InChI=1S/C26H25F2N5O2/c1-17-24-22(16-23(30-26(24)35-31-17)18-2-4-19(27)5-3-18)25(34)29-10-11-32-12-14-33(15-13-32)21-8-6-20(28)7-9-21/h2-9,16H,10-15H2,1H3,(H,29,34). The lowest BCUT2D eigenvalue weighted by atomic mass is 10.1. The molecule has 9 heteroatoms. The third-order valence-corrected chi connectivity index (χ3v) is 6.28. The number of piperazine rings is 1. The molecule has 1 N–H and O–H groups in total. The number of benzene rings is 2. The molecule has 2 aromatic carbocycles. The Hall–Kier alpha value is -3.85. The van der Waals surface area contributed by atoms with Gasteiger partial charge >= 0.3 is 0 Å². The first kappa shape index (κ1) is 22.9. The van der Waals surface area contributed by atoms with Crippen molar-refractivity contribution in [2.75, 3.05) is 44.2 Å². The van der Waals surface area contributed by atoms with E-state index in [1.54, 1.807) is 37.3 Å². The van der Waals surface area contributed by atoms with Gasteiger partial charge in [-0.25, -0.2) is 13.8 Å². The van der Waals surface area contributed by atoms with Gasteiger partial charge in [-0.2, -0.15) is 0 Å². The number of amides is 1. The van der Waals surface area contributed by atoms with Crippen LogP contribution in [0.4, 0.5) is 14.5 Å². The highest BCUT2D eigenvalue weighted by molar-refractivity contribution is 6.07. The van der Waals surface area contributed by atoms with E-state index in [-0.39, 0.29) is 23.3 Å². The highest BCUT2D eigenvalue weighted by atomic mass is 19.1. The normalized spacial score (nSPS) is 14.4. The zero-order chi connectivity index (χ0) is 24.4. The fraction of sp³-hybridized carbons (Fsp3) is 0.269. The predicted molar refractivity (Wildman–Crippen MR) is 129 cm³/mol. The van der Waals surface area contributed by atoms with Gasteiger partial charge in [0.1, 0.15) is 11.6 Å². The first-order valence-electron chi connectivity index (χ1n) is 11.5. The lowest BCUT2D eigenvalue weighted by Gasteiger charge is -2.36. The van der Waals surface area contributed by atoms with Crippen molar-refractivity contribution in [1.29, 1.82) is 0 Å². The molecular formula is C26H25F2N5O2. The van der Waals surface area contributed by atoms with Crippen molar-refractivity contribution in [3.63, 3.8) is 0 Å². The molecule has 1 fully saturated rings. The van der Waals surface area contributed by atoms with Crippen molar-refractivity contribution in [3.05, 3.63) is 77.5 Å². The van der Waals surface area contributed by atoms with Crippen LogP contribution in [0.2, 0.25) is 0 Å². The number of hydrogen-bond donors (Lipinski definition) is 1. The fourth-order valence-corrected chi connectivity index (χ4v) is 4.35. The van der Waals surface area contributed by atoms with E-state index in [1.807, 2.05) is 0 Å². The van der Waals surface area contributed by atoms with Crippen LogP contribution in [0.15, 0.2) is 59.1 Å². The van der Waals surface area contributed by atoms with Gasteiger partial charge in [0.25, 0.3) is 11.6 Å². The van der Waals surface area contributed by atoms with Crippen LogP contribution < -0.4 is 10.2 Å². The van der Waals surface area contributed by atoms with Gasteiger partial charge in [0.15, 0.2) is 0 Å². The Kier molecular flexibility index (Phi) is 6.41. The van der Waals surface area contributed by atoms with Gasteiger partial charge in [0.05, 0.1) is 22.3 Å². The Balaban J connectivity index is 1.22. The second-order valence-corrected chi connectivity index (χ2v) is 8.57. The molecule has 1 amide bonds. The monoisotopic (exact) mass is 477 g/mol. The molecule has 0 atom stereocenters. The molecule has 4 aromatic rings. The topological polar surface area (TPSA) is 74.5 Å². The summed E-state index contributed by atoms with van der Waals surface area (Å²) in [5.74, 6) is -0.820. The number of pyridine rings is 1. The van der Waals surface area contributed by atoms with Crippen molar-refractivity contribution in [1.82, 2.24) is 20.4 Å². The summed E-state index contributed by atoms with van der Waals surface area (Å²) in [6, 6.07) is 14.2. The summed E-state index contributed by atoms with van der Waals surface area (Å²) in [5.41, 5.74) is 3.48. The quantitative estimate of drug-likeness (QED) is 0.452. The average molecular weight is 478 g/mol. The minimum Gasteiger partial charge on any atom is -0.369 e. The first-order valence-corrected chi connectivity index (χ1v) is 11.5. The second kappa shape index (κ2) is 9.79. The van der Waals surface area contributed by atoms with E-state index in [4.69, 9.17) is 4.52 Å². The van der Waals surface area contributed by atoms with Crippen LogP contribution in [0.5, 0.6) is 0 Å². The summed E-state index contributed by atoms with van der Waals surface area (Å²) < 4.78 is 31.8. The SMILES string of the molecule is Cc1noc2nc(-c3ccc(F)cc3)cc(C(=O)NCCN3CCN(c4ccc(F)cc4)CC3)c12. The number of fused-ring (bicyclic) bond motifs is 1. The highest BCUT2D eigenvalue weighted by Gasteiger charge is 2.21. The van der Waals surface area contributed by atoms with Crippen molar-refractivity contribution < 1.29 is 18.1 Å². The van der Waals surface area contributed by atoms with Gasteiger partial charge in [-0.1, -0.05) is 5.16 Å². The summed E-state index contributed by atoms with van der Waals surface area (Å²) in [7, 11) is 0. The molecule has 0 radical (unpaired) electrons. The van der Waals surface area contributed by atoms with Gasteiger partial charge in [-0.05, 0) is 61.5 Å². The number of nitrogens with one attached hydrogen (secondary N) is 1. The molecule has 180 valence electrons. The zero-order valence-corrected chi connectivity index (χ0v) is 19.3. The van der Waals surface area contributed by atoms with E-state index >= 15 is 0 Å². The van der Waals surface area contributed by atoms with Gasteiger partial charge in [-0.3, -0.25) is 9.69 Å². The molecule has 0 spiro atoms. The minimum absolute atomic E-state index is 0.235. The fourth-order valence-electron chi connectivity index (χ4n) is 4.35. The van der Waals surface area contributed by atoms with E-state index in [0.29, 0.717) is 41.0 Å². The molecular weight excluding hydrogens is 452 g/mol. The summed E-state index contributed by atoms with van der Waals surface area (Å²) in [5, 5.41) is 7.54. The van der Waals surface area contributed by atoms with E-state index in [1.165, 1.54) is 24.3 Å². The van der Waals surface area contributed by atoms with Gasteiger partial charge < -0.3 is 14.7 Å².